The second-order valence-corrected chi connectivity index (χ2v) is 5.89. The molecule has 0 unspecified atom stereocenters. The SMILES string of the molecule is N#C/C(=C/c1ccc(Br)cc1)c1ccc(I)cc1. The molecule has 0 saturated carbocycles. The number of nitriles is 1. The van der Waals surface area contributed by atoms with Gasteiger partial charge in [-0.3, -0.25) is 0 Å². The van der Waals surface area contributed by atoms with Gasteiger partial charge in [0, 0.05) is 8.04 Å². The van der Waals surface area contributed by atoms with Crippen LogP contribution in [0.3, 0.4) is 0 Å². The Balaban J connectivity index is 2.37. The molecule has 0 aliphatic rings. The summed E-state index contributed by atoms with van der Waals surface area (Å²) in [5.74, 6) is 0. The molecule has 3 heteroatoms. The zero-order chi connectivity index (χ0) is 13.0. The Morgan fingerprint density at radius 3 is 2.22 bits per heavy atom. The van der Waals surface area contributed by atoms with Crippen molar-refractivity contribution in [1.29, 1.82) is 5.26 Å². The second kappa shape index (κ2) is 6.17. The smallest absolute Gasteiger partial charge is 0.0998 e. The Kier molecular flexibility index (Phi) is 4.56. The van der Waals surface area contributed by atoms with Gasteiger partial charge in [-0.25, -0.2) is 0 Å². The Hall–Kier alpha value is -1.12. The highest BCUT2D eigenvalue weighted by molar-refractivity contribution is 14.1. The maximum Gasteiger partial charge on any atom is 0.0998 e. The van der Waals surface area contributed by atoms with Crippen LogP contribution in [0.2, 0.25) is 0 Å². The zero-order valence-corrected chi connectivity index (χ0v) is 13.1. The quantitative estimate of drug-likeness (QED) is 0.383. The summed E-state index contributed by atoms with van der Waals surface area (Å²) in [5, 5.41) is 9.24. The van der Waals surface area contributed by atoms with Crippen molar-refractivity contribution in [2.75, 3.05) is 0 Å². The number of hydrogen-bond acceptors (Lipinski definition) is 1. The lowest BCUT2D eigenvalue weighted by molar-refractivity contribution is 1.51. The average Bonchev–Trinajstić information content (AvgIpc) is 2.39. The van der Waals surface area contributed by atoms with E-state index in [4.69, 9.17) is 0 Å². The molecule has 0 radical (unpaired) electrons. The van der Waals surface area contributed by atoms with Crippen molar-refractivity contribution >= 4 is 50.2 Å². The first-order chi connectivity index (χ1) is 8.69. The van der Waals surface area contributed by atoms with Crippen LogP contribution in [0, 0.1) is 14.9 Å². The highest BCUT2D eigenvalue weighted by atomic mass is 127. The number of rotatable bonds is 2. The Morgan fingerprint density at radius 1 is 1.06 bits per heavy atom. The van der Waals surface area contributed by atoms with Gasteiger partial charge in [-0.15, -0.1) is 0 Å². The molecule has 0 spiro atoms. The van der Waals surface area contributed by atoms with Crippen LogP contribution in [0.5, 0.6) is 0 Å². The van der Waals surface area contributed by atoms with E-state index >= 15 is 0 Å². The first kappa shape index (κ1) is 13.3. The number of benzene rings is 2. The molecular formula is C15H9BrIN. The summed E-state index contributed by atoms with van der Waals surface area (Å²) in [6, 6.07) is 18.1. The summed E-state index contributed by atoms with van der Waals surface area (Å²) in [4.78, 5) is 0. The van der Waals surface area contributed by atoms with Gasteiger partial charge in [-0.1, -0.05) is 40.2 Å². The predicted molar refractivity (Wildman–Crippen MR) is 86.8 cm³/mol. The van der Waals surface area contributed by atoms with Crippen molar-refractivity contribution in [3.63, 3.8) is 0 Å². The minimum Gasteiger partial charge on any atom is -0.192 e. The Labute approximate surface area is 128 Å². The molecule has 0 aliphatic heterocycles. The van der Waals surface area contributed by atoms with E-state index in [0.717, 1.165) is 19.2 Å². The molecule has 1 nitrogen and oxygen atoms in total. The van der Waals surface area contributed by atoms with E-state index in [9.17, 15) is 5.26 Å². The first-order valence-corrected chi connectivity index (χ1v) is 7.19. The van der Waals surface area contributed by atoms with Crippen LogP contribution in [-0.4, -0.2) is 0 Å². The van der Waals surface area contributed by atoms with Gasteiger partial charge in [0.25, 0.3) is 0 Å². The molecule has 0 fully saturated rings. The third kappa shape index (κ3) is 3.44. The van der Waals surface area contributed by atoms with Crippen molar-refractivity contribution in [2.24, 2.45) is 0 Å². The average molecular weight is 410 g/mol. The molecule has 0 amide bonds. The topological polar surface area (TPSA) is 23.8 Å². The fourth-order valence-electron chi connectivity index (χ4n) is 1.54. The van der Waals surface area contributed by atoms with Crippen LogP contribution in [0.1, 0.15) is 11.1 Å². The van der Waals surface area contributed by atoms with Gasteiger partial charge in [0.2, 0.25) is 0 Å². The van der Waals surface area contributed by atoms with Crippen molar-refractivity contribution < 1.29 is 0 Å². The van der Waals surface area contributed by atoms with Gasteiger partial charge in [0.15, 0.2) is 0 Å². The molecule has 0 aromatic heterocycles. The molecule has 0 bridgehead atoms. The zero-order valence-electron chi connectivity index (χ0n) is 9.40. The van der Waals surface area contributed by atoms with Gasteiger partial charge in [-0.2, -0.15) is 5.26 Å². The van der Waals surface area contributed by atoms with E-state index in [1.165, 1.54) is 0 Å². The third-order valence-electron chi connectivity index (χ3n) is 2.46. The first-order valence-electron chi connectivity index (χ1n) is 5.32. The Bertz CT molecular complexity index is 606. The lowest BCUT2D eigenvalue weighted by Gasteiger charge is -2.00. The van der Waals surface area contributed by atoms with E-state index < -0.39 is 0 Å². The molecule has 2 aromatic rings. The lowest BCUT2D eigenvalue weighted by Crippen LogP contribution is -1.82. The minimum atomic E-state index is 0.675. The van der Waals surface area contributed by atoms with Crippen LogP contribution in [0.4, 0.5) is 0 Å². The van der Waals surface area contributed by atoms with Gasteiger partial charge >= 0.3 is 0 Å². The van der Waals surface area contributed by atoms with Gasteiger partial charge in [0.1, 0.15) is 0 Å². The summed E-state index contributed by atoms with van der Waals surface area (Å²) in [6.07, 6.45) is 1.90. The molecule has 18 heavy (non-hydrogen) atoms. The van der Waals surface area contributed by atoms with E-state index in [1.807, 2.05) is 54.6 Å². The molecule has 88 valence electrons. The van der Waals surface area contributed by atoms with Crippen LogP contribution in [0.25, 0.3) is 11.6 Å². The summed E-state index contributed by atoms with van der Waals surface area (Å²) in [5.41, 5.74) is 2.64. The lowest BCUT2D eigenvalue weighted by atomic mass is 10.0. The third-order valence-corrected chi connectivity index (χ3v) is 3.70. The maximum absolute atomic E-state index is 9.24. The molecule has 0 atom stereocenters. The van der Waals surface area contributed by atoms with Gasteiger partial charge < -0.3 is 0 Å². The number of nitrogens with zero attached hydrogens (tertiary/aromatic N) is 1. The summed E-state index contributed by atoms with van der Waals surface area (Å²) >= 11 is 5.65. The molecule has 0 heterocycles. The van der Waals surface area contributed by atoms with Crippen LogP contribution in [0.15, 0.2) is 53.0 Å². The van der Waals surface area contributed by atoms with E-state index in [1.54, 1.807) is 0 Å². The van der Waals surface area contributed by atoms with Crippen LogP contribution in [-0.2, 0) is 0 Å². The number of halogens is 2. The van der Waals surface area contributed by atoms with Gasteiger partial charge in [-0.05, 0) is 64.1 Å². The second-order valence-electron chi connectivity index (χ2n) is 3.73. The summed E-state index contributed by atoms with van der Waals surface area (Å²) < 4.78 is 2.20. The normalized spacial score (nSPS) is 11.1. The molecule has 2 rings (SSSR count). The largest absolute Gasteiger partial charge is 0.192 e. The predicted octanol–water partition coefficient (Wildman–Crippen LogP) is 5.12. The van der Waals surface area contributed by atoms with Crippen molar-refractivity contribution in [3.8, 4) is 6.07 Å². The summed E-state index contributed by atoms with van der Waals surface area (Å²) in [7, 11) is 0. The van der Waals surface area contributed by atoms with E-state index in [2.05, 4.69) is 44.6 Å². The minimum absolute atomic E-state index is 0.675. The highest BCUT2D eigenvalue weighted by Crippen LogP contribution is 2.20. The maximum atomic E-state index is 9.24. The summed E-state index contributed by atoms with van der Waals surface area (Å²) in [6.45, 7) is 0. The number of allylic oxidation sites excluding steroid dienone is 1. The van der Waals surface area contributed by atoms with Crippen molar-refractivity contribution in [1.82, 2.24) is 0 Å². The monoisotopic (exact) mass is 409 g/mol. The van der Waals surface area contributed by atoms with Gasteiger partial charge in [0.05, 0.1) is 11.6 Å². The Morgan fingerprint density at radius 2 is 1.67 bits per heavy atom. The molecule has 0 N–H and O–H groups in total. The van der Waals surface area contributed by atoms with Crippen LogP contribution >= 0.6 is 38.5 Å². The van der Waals surface area contributed by atoms with Crippen molar-refractivity contribution in [3.05, 3.63) is 67.7 Å². The fraction of sp³-hybridized carbons (Fsp3) is 0. The molecule has 2 aromatic carbocycles. The fourth-order valence-corrected chi connectivity index (χ4v) is 2.16. The van der Waals surface area contributed by atoms with Crippen molar-refractivity contribution in [2.45, 2.75) is 0 Å². The molecular weight excluding hydrogens is 401 g/mol. The highest BCUT2D eigenvalue weighted by Gasteiger charge is 2.00. The number of hydrogen-bond donors (Lipinski definition) is 0. The van der Waals surface area contributed by atoms with E-state index in [-0.39, 0.29) is 0 Å². The molecule has 0 saturated heterocycles. The standard InChI is InChI=1S/C15H9BrIN/c16-14-5-1-11(2-6-14)9-13(10-18)12-3-7-15(17)8-4-12/h1-9H/b13-9-. The van der Waals surface area contributed by atoms with Crippen LogP contribution < -0.4 is 0 Å². The van der Waals surface area contributed by atoms with E-state index in [0.29, 0.717) is 5.57 Å². The molecule has 0 aliphatic carbocycles.